The highest BCUT2D eigenvalue weighted by Gasteiger charge is 1.99. The Kier molecular flexibility index (Phi) is 3.56. The first-order chi connectivity index (χ1) is 6.27. The topological polar surface area (TPSA) is 17.1 Å². The standard InChI is InChI=1S/C11H10OS/c1-3-4-11(12)9-5-7-10(13-2)8-6-9/h4-8H,1H2,2H3. The van der Waals surface area contributed by atoms with E-state index in [1.54, 1.807) is 11.8 Å². The van der Waals surface area contributed by atoms with Crippen molar-refractivity contribution >= 4 is 17.5 Å². The average molecular weight is 190 g/mol. The van der Waals surface area contributed by atoms with Gasteiger partial charge >= 0.3 is 0 Å². The molecule has 0 atom stereocenters. The van der Waals surface area contributed by atoms with Crippen LogP contribution < -0.4 is 0 Å². The predicted octanol–water partition coefficient (Wildman–Crippen LogP) is 2.93. The Morgan fingerprint density at radius 1 is 1.46 bits per heavy atom. The minimum Gasteiger partial charge on any atom is -0.289 e. The minimum atomic E-state index is -0.0531. The Hall–Kier alpha value is -1.24. The molecule has 0 N–H and O–H groups in total. The van der Waals surface area contributed by atoms with Gasteiger partial charge in [-0.05, 0) is 30.5 Å². The van der Waals surface area contributed by atoms with Gasteiger partial charge in [0.1, 0.15) is 0 Å². The number of allylic oxidation sites excluding steroid dienone is 1. The molecule has 0 fully saturated rings. The van der Waals surface area contributed by atoms with Crippen LogP contribution in [0.2, 0.25) is 0 Å². The first kappa shape index (κ1) is 9.85. The van der Waals surface area contributed by atoms with Crippen LogP contribution in [-0.4, -0.2) is 12.0 Å². The van der Waals surface area contributed by atoms with Gasteiger partial charge in [0.05, 0.1) is 0 Å². The van der Waals surface area contributed by atoms with Gasteiger partial charge < -0.3 is 0 Å². The third kappa shape index (κ3) is 2.62. The van der Waals surface area contributed by atoms with E-state index < -0.39 is 0 Å². The number of benzene rings is 1. The summed E-state index contributed by atoms with van der Waals surface area (Å²) in [6.45, 7) is 3.35. The Morgan fingerprint density at radius 3 is 2.54 bits per heavy atom. The Bertz CT molecular complexity index is 345. The highest BCUT2D eigenvalue weighted by molar-refractivity contribution is 7.98. The molecule has 0 aliphatic carbocycles. The summed E-state index contributed by atoms with van der Waals surface area (Å²) in [4.78, 5) is 12.4. The van der Waals surface area contributed by atoms with E-state index in [-0.39, 0.29) is 5.78 Å². The summed E-state index contributed by atoms with van der Waals surface area (Å²) >= 11 is 1.65. The lowest BCUT2D eigenvalue weighted by molar-refractivity contribution is 0.104. The van der Waals surface area contributed by atoms with Gasteiger partial charge in [0.25, 0.3) is 0 Å². The van der Waals surface area contributed by atoms with Crippen LogP contribution in [0.1, 0.15) is 10.4 Å². The van der Waals surface area contributed by atoms with E-state index >= 15 is 0 Å². The van der Waals surface area contributed by atoms with Crippen molar-refractivity contribution in [1.82, 2.24) is 0 Å². The van der Waals surface area contributed by atoms with E-state index in [1.807, 2.05) is 30.5 Å². The van der Waals surface area contributed by atoms with Crippen LogP contribution in [0, 0.1) is 0 Å². The lowest BCUT2D eigenvalue weighted by atomic mass is 10.1. The van der Waals surface area contributed by atoms with Crippen LogP contribution in [0.4, 0.5) is 0 Å². The van der Waals surface area contributed by atoms with Gasteiger partial charge in [-0.15, -0.1) is 17.5 Å². The summed E-state index contributed by atoms with van der Waals surface area (Å²) in [6.07, 6.45) is 3.34. The number of ketones is 1. The Labute approximate surface area is 82.2 Å². The molecule has 13 heavy (non-hydrogen) atoms. The molecule has 0 unspecified atom stereocenters. The Morgan fingerprint density at radius 2 is 2.08 bits per heavy atom. The van der Waals surface area contributed by atoms with E-state index in [4.69, 9.17) is 0 Å². The van der Waals surface area contributed by atoms with E-state index in [2.05, 4.69) is 12.3 Å². The molecular weight excluding hydrogens is 180 g/mol. The summed E-state index contributed by atoms with van der Waals surface area (Å²) in [5.41, 5.74) is 3.14. The molecule has 66 valence electrons. The second-order valence-corrected chi connectivity index (χ2v) is 3.32. The van der Waals surface area contributed by atoms with Crippen molar-refractivity contribution in [2.75, 3.05) is 6.26 Å². The van der Waals surface area contributed by atoms with Crippen molar-refractivity contribution in [2.24, 2.45) is 0 Å². The number of rotatable bonds is 3. The van der Waals surface area contributed by atoms with Crippen LogP contribution >= 0.6 is 11.8 Å². The number of hydrogen-bond acceptors (Lipinski definition) is 2. The maximum absolute atomic E-state index is 11.3. The molecule has 1 rings (SSSR count). The molecule has 0 heterocycles. The first-order valence-electron chi connectivity index (χ1n) is 3.82. The average Bonchev–Trinajstić information content (AvgIpc) is 2.18. The smallest absolute Gasteiger partial charge is 0.193 e. The van der Waals surface area contributed by atoms with Crippen LogP contribution in [0.5, 0.6) is 0 Å². The monoisotopic (exact) mass is 190 g/mol. The normalized spacial score (nSPS) is 9.00. The van der Waals surface area contributed by atoms with Crippen LogP contribution in [0.15, 0.2) is 47.5 Å². The summed E-state index contributed by atoms with van der Waals surface area (Å²) in [5.74, 6) is -0.0531. The molecule has 0 aliphatic rings. The first-order valence-corrected chi connectivity index (χ1v) is 5.04. The van der Waals surface area contributed by atoms with E-state index in [0.717, 1.165) is 4.90 Å². The lowest BCUT2D eigenvalue weighted by Crippen LogP contribution is -1.92. The quantitative estimate of drug-likeness (QED) is 0.315. The molecule has 0 aliphatic heterocycles. The molecule has 1 nitrogen and oxygen atoms in total. The van der Waals surface area contributed by atoms with Crippen molar-refractivity contribution < 1.29 is 4.79 Å². The van der Waals surface area contributed by atoms with E-state index in [1.165, 1.54) is 6.08 Å². The van der Waals surface area contributed by atoms with Gasteiger partial charge in [-0.2, -0.15) is 0 Å². The van der Waals surface area contributed by atoms with Crippen molar-refractivity contribution in [1.29, 1.82) is 0 Å². The van der Waals surface area contributed by atoms with Gasteiger partial charge in [-0.1, -0.05) is 6.58 Å². The predicted molar refractivity (Wildman–Crippen MR) is 56.3 cm³/mol. The highest BCUT2D eigenvalue weighted by Crippen LogP contribution is 2.15. The molecule has 1 aromatic rings. The molecule has 0 saturated carbocycles. The number of hydrogen-bond donors (Lipinski definition) is 0. The molecule has 0 bridgehead atoms. The number of carbonyl (C=O) groups excluding carboxylic acids is 1. The molecule has 0 radical (unpaired) electrons. The largest absolute Gasteiger partial charge is 0.289 e. The summed E-state index contributed by atoms with van der Waals surface area (Å²) in [6, 6.07) is 7.47. The van der Waals surface area contributed by atoms with E-state index in [9.17, 15) is 4.79 Å². The molecule has 0 spiro atoms. The molecule has 2 heteroatoms. The second kappa shape index (κ2) is 4.70. The Balaban J connectivity index is 2.92. The third-order valence-electron chi connectivity index (χ3n) is 1.61. The van der Waals surface area contributed by atoms with Crippen molar-refractivity contribution in [3.8, 4) is 0 Å². The molecule has 0 aromatic heterocycles. The number of carbonyl (C=O) groups is 1. The molecular formula is C11H10OS. The van der Waals surface area contributed by atoms with E-state index in [0.29, 0.717) is 5.56 Å². The van der Waals surface area contributed by atoms with Crippen molar-refractivity contribution in [3.63, 3.8) is 0 Å². The summed E-state index contributed by atoms with van der Waals surface area (Å²) in [5, 5.41) is 0. The zero-order chi connectivity index (χ0) is 9.68. The minimum absolute atomic E-state index is 0.0531. The zero-order valence-electron chi connectivity index (χ0n) is 7.41. The molecule has 0 saturated heterocycles. The maximum atomic E-state index is 11.3. The summed E-state index contributed by atoms with van der Waals surface area (Å²) < 4.78 is 0. The maximum Gasteiger partial charge on any atom is 0.193 e. The van der Waals surface area contributed by atoms with Gasteiger partial charge in [0.15, 0.2) is 5.78 Å². The second-order valence-electron chi connectivity index (χ2n) is 2.44. The SMILES string of the molecule is C=C=CC(=O)c1ccc(SC)cc1. The van der Waals surface area contributed by atoms with Crippen molar-refractivity contribution in [3.05, 3.63) is 48.2 Å². The fraction of sp³-hybridized carbons (Fsp3) is 0.0909. The highest BCUT2D eigenvalue weighted by atomic mass is 32.2. The van der Waals surface area contributed by atoms with Crippen LogP contribution in [-0.2, 0) is 0 Å². The van der Waals surface area contributed by atoms with Gasteiger partial charge in [0, 0.05) is 16.5 Å². The fourth-order valence-electron chi connectivity index (χ4n) is 0.931. The van der Waals surface area contributed by atoms with Gasteiger partial charge in [-0.25, -0.2) is 0 Å². The van der Waals surface area contributed by atoms with Crippen molar-refractivity contribution in [2.45, 2.75) is 4.90 Å². The molecule has 0 amide bonds. The van der Waals surface area contributed by atoms with Gasteiger partial charge in [-0.3, -0.25) is 4.79 Å². The number of thioether (sulfide) groups is 1. The van der Waals surface area contributed by atoms with Crippen LogP contribution in [0.25, 0.3) is 0 Å². The van der Waals surface area contributed by atoms with Gasteiger partial charge in [0.2, 0.25) is 0 Å². The molecule has 1 aromatic carbocycles. The third-order valence-corrected chi connectivity index (χ3v) is 2.35. The fourth-order valence-corrected chi connectivity index (χ4v) is 1.34. The van der Waals surface area contributed by atoms with Crippen LogP contribution in [0.3, 0.4) is 0 Å². The summed E-state index contributed by atoms with van der Waals surface area (Å²) in [7, 11) is 0. The lowest BCUT2D eigenvalue weighted by Gasteiger charge is -1.97. The zero-order valence-corrected chi connectivity index (χ0v) is 8.23.